The van der Waals surface area contributed by atoms with E-state index in [1.165, 1.54) is 18.2 Å². The van der Waals surface area contributed by atoms with Crippen LogP contribution in [0.25, 0.3) is 0 Å². The Balaban J connectivity index is 1.90. The van der Waals surface area contributed by atoms with Crippen LogP contribution in [-0.2, 0) is 4.79 Å². The summed E-state index contributed by atoms with van der Waals surface area (Å²) in [6.45, 7) is 1.67. The summed E-state index contributed by atoms with van der Waals surface area (Å²) >= 11 is 5.66. The SMILES string of the molecule is C[C@H](Oc1ccc(F)c(Cl)c1)C(=O)NC1CCCC1. The van der Waals surface area contributed by atoms with Gasteiger partial charge in [0.25, 0.3) is 5.91 Å². The molecule has 1 amide bonds. The maximum Gasteiger partial charge on any atom is 0.260 e. The van der Waals surface area contributed by atoms with Crippen molar-refractivity contribution in [2.24, 2.45) is 0 Å². The average molecular weight is 286 g/mol. The molecule has 0 unspecified atom stereocenters. The van der Waals surface area contributed by atoms with Crippen molar-refractivity contribution in [3.05, 3.63) is 29.0 Å². The number of amides is 1. The van der Waals surface area contributed by atoms with Crippen molar-refractivity contribution < 1.29 is 13.9 Å². The molecule has 1 aliphatic carbocycles. The van der Waals surface area contributed by atoms with Crippen LogP contribution in [0.5, 0.6) is 5.75 Å². The van der Waals surface area contributed by atoms with Gasteiger partial charge in [0.1, 0.15) is 11.6 Å². The smallest absolute Gasteiger partial charge is 0.260 e. The second kappa shape index (κ2) is 6.24. The van der Waals surface area contributed by atoms with E-state index in [9.17, 15) is 9.18 Å². The Morgan fingerprint density at radius 2 is 2.16 bits per heavy atom. The van der Waals surface area contributed by atoms with Crippen LogP contribution in [0.1, 0.15) is 32.6 Å². The van der Waals surface area contributed by atoms with Gasteiger partial charge < -0.3 is 10.1 Å². The Labute approximate surface area is 117 Å². The molecule has 1 saturated carbocycles. The van der Waals surface area contributed by atoms with Crippen molar-refractivity contribution in [2.75, 3.05) is 0 Å². The molecule has 0 aromatic heterocycles. The molecule has 5 heteroatoms. The van der Waals surface area contributed by atoms with E-state index in [0.717, 1.165) is 25.7 Å². The predicted octanol–water partition coefficient (Wildman–Crippen LogP) is 3.31. The van der Waals surface area contributed by atoms with Gasteiger partial charge in [-0.25, -0.2) is 4.39 Å². The number of hydrogen-bond acceptors (Lipinski definition) is 2. The molecule has 0 aliphatic heterocycles. The molecule has 19 heavy (non-hydrogen) atoms. The Bertz CT molecular complexity index is 461. The van der Waals surface area contributed by atoms with Crippen LogP contribution in [-0.4, -0.2) is 18.1 Å². The maximum absolute atomic E-state index is 13.0. The van der Waals surface area contributed by atoms with E-state index in [1.807, 2.05) is 0 Å². The lowest BCUT2D eigenvalue weighted by Crippen LogP contribution is -2.41. The molecule has 0 heterocycles. The lowest BCUT2D eigenvalue weighted by Gasteiger charge is -2.18. The van der Waals surface area contributed by atoms with Gasteiger partial charge in [0.2, 0.25) is 0 Å². The molecule has 2 rings (SSSR count). The van der Waals surface area contributed by atoms with Gasteiger partial charge in [-0.05, 0) is 31.9 Å². The standard InChI is InChI=1S/C14H17ClFNO2/c1-9(14(18)17-10-4-2-3-5-10)19-11-6-7-13(16)12(15)8-11/h6-10H,2-5H2,1H3,(H,17,18)/t9-/m0/s1. The fraction of sp³-hybridized carbons (Fsp3) is 0.500. The molecule has 1 fully saturated rings. The molecule has 0 spiro atoms. The predicted molar refractivity (Wildman–Crippen MR) is 71.9 cm³/mol. The van der Waals surface area contributed by atoms with Crippen molar-refractivity contribution in [2.45, 2.75) is 44.8 Å². The molecular formula is C14H17ClFNO2. The maximum atomic E-state index is 13.0. The topological polar surface area (TPSA) is 38.3 Å². The summed E-state index contributed by atoms with van der Waals surface area (Å²) in [4.78, 5) is 11.9. The van der Waals surface area contributed by atoms with Crippen molar-refractivity contribution in [1.29, 1.82) is 0 Å². The van der Waals surface area contributed by atoms with Crippen molar-refractivity contribution in [1.82, 2.24) is 5.32 Å². The summed E-state index contributed by atoms with van der Waals surface area (Å²) in [6, 6.07) is 4.31. The van der Waals surface area contributed by atoms with E-state index in [0.29, 0.717) is 5.75 Å². The van der Waals surface area contributed by atoms with Gasteiger partial charge in [0, 0.05) is 12.1 Å². The molecule has 0 saturated heterocycles. The summed E-state index contributed by atoms with van der Waals surface area (Å²) < 4.78 is 18.5. The van der Waals surface area contributed by atoms with E-state index in [1.54, 1.807) is 6.92 Å². The molecule has 3 nitrogen and oxygen atoms in total. The summed E-state index contributed by atoms with van der Waals surface area (Å²) in [5.41, 5.74) is 0. The number of hydrogen-bond donors (Lipinski definition) is 1. The van der Waals surface area contributed by atoms with Crippen molar-refractivity contribution in [3.63, 3.8) is 0 Å². The third-order valence-electron chi connectivity index (χ3n) is 3.27. The van der Waals surface area contributed by atoms with Crippen molar-refractivity contribution >= 4 is 17.5 Å². The number of nitrogens with one attached hydrogen (secondary N) is 1. The van der Waals surface area contributed by atoms with Crippen molar-refractivity contribution in [3.8, 4) is 5.75 Å². The third-order valence-corrected chi connectivity index (χ3v) is 3.56. The number of ether oxygens (including phenoxy) is 1. The molecular weight excluding hydrogens is 269 g/mol. The molecule has 1 aromatic carbocycles. The lowest BCUT2D eigenvalue weighted by atomic mass is 10.2. The minimum Gasteiger partial charge on any atom is -0.481 e. The number of rotatable bonds is 4. The summed E-state index contributed by atoms with van der Waals surface area (Å²) in [6.07, 6.45) is 3.76. The first-order valence-electron chi connectivity index (χ1n) is 6.48. The van der Waals surface area contributed by atoms with E-state index in [4.69, 9.17) is 16.3 Å². The Kier molecular flexibility index (Phi) is 4.64. The monoisotopic (exact) mass is 285 g/mol. The Morgan fingerprint density at radius 3 is 2.79 bits per heavy atom. The van der Waals surface area contributed by atoms with E-state index in [-0.39, 0.29) is 17.0 Å². The first-order valence-corrected chi connectivity index (χ1v) is 6.86. The van der Waals surface area contributed by atoms with Gasteiger partial charge in [-0.15, -0.1) is 0 Å². The minimum atomic E-state index is -0.623. The molecule has 0 bridgehead atoms. The molecule has 1 N–H and O–H groups in total. The highest BCUT2D eigenvalue weighted by Crippen LogP contribution is 2.22. The molecule has 1 atom stereocenters. The summed E-state index contributed by atoms with van der Waals surface area (Å²) in [5, 5.41) is 2.94. The lowest BCUT2D eigenvalue weighted by molar-refractivity contribution is -0.127. The Morgan fingerprint density at radius 1 is 1.47 bits per heavy atom. The van der Waals surface area contributed by atoms with Crippen LogP contribution in [0.2, 0.25) is 5.02 Å². The third kappa shape index (κ3) is 3.83. The Hall–Kier alpha value is -1.29. The summed E-state index contributed by atoms with van der Waals surface area (Å²) in [5.74, 6) is -0.259. The van der Waals surface area contributed by atoms with Gasteiger partial charge in [-0.2, -0.15) is 0 Å². The van der Waals surface area contributed by atoms with Crippen LogP contribution in [0.3, 0.4) is 0 Å². The van der Waals surface area contributed by atoms with Gasteiger partial charge in [0.05, 0.1) is 5.02 Å². The van der Waals surface area contributed by atoms with Gasteiger partial charge in [0.15, 0.2) is 6.10 Å². The zero-order valence-electron chi connectivity index (χ0n) is 10.8. The molecule has 1 aliphatic rings. The number of carbonyl (C=O) groups excluding carboxylic acids is 1. The first kappa shape index (κ1) is 14.1. The normalized spacial score (nSPS) is 17.2. The highest BCUT2D eigenvalue weighted by molar-refractivity contribution is 6.30. The van der Waals surface area contributed by atoms with Crippen LogP contribution >= 0.6 is 11.6 Å². The quantitative estimate of drug-likeness (QED) is 0.922. The second-order valence-electron chi connectivity index (χ2n) is 4.83. The zero-order valence-corrected chi connectivity index (χ0v) is 11.5. The van der Waals surface area contributed by atoms with Crippen LogP contribution in [0.4, 0.5) is 4.39 Å². The molecule has 104 valence electrons. The highest BCUT2D eigenvalue weighted by atomic mass is 35.5. The number of benzene rings is 1. The van der Waals surface area contributed by atoms with E-state index < -0.39 is 11.9 Å². The van der Waals surface area contributed by atoms with Crippen LogP contribution in [0.15, 0.2) is 18.2 Å². The average Bonchev–Trinajstić information content (AvgIpc) is 2.86. The largest absolute Gasteiger partial charge is 0.481 e. The number of halogens is 2. The fourth-order valence-electron chi connectivity index (χ4n) is 2.20. The second-order valence-corrected chi connectivity index (χ2v) is 5.23. The minimum absolute atomic E-state index is 0.0131. The van der Waals surface area contributed by atoms with Crippen LogP contribution in [0, 0.1) is 5.82 Å². The fourth-order valence-corrected chi connectivity index (χ4v) is 2.37. The zero-order chi connectivity index (χ0) is 13.8. The molecule has 0 radical (unpaired) electrons. The molecule has 1 aromatic rings. The van der Waals surface area contributed by atoms with E-state index in [2.05, 4.69) is 5.32 Å². The van der Waals surface area contributed by atoms with Gasteiger partial charge in [-0.3, -0.25) is 4.79 Å². The van der Waals surface area contributed by atoms with Gasteiger partial charge in [-0.1, -0.05) is 24.4 Å². The first-order chi connectivity index (χ1) is 9.06. The summed E-state index contributed by atoms with van der Waals surface area (Å²) in [7, 11) is 0. The van der Waals surface area contributed by atoms with Crippen LogP contribution < -0.4 is 10.1 Å². The number of carbonyl (C=O) groups is 1. The van der Waals surface area contributed by atoms with Gasteiger partial charge >= 0.3 is 0 Å². The van der Waals surface area contributed by atoms with E-state index >= 15 is 0 Å². The highest BCUT2D eigenvalue weighted by Gasteiger charge is 2.21.